The quantitative estimate of drug-likeness (QED) is 0.354. The Morgan fingerprint density at radius 3 is 2.65 bits per heavy atom. The highest BCUT2D eigenvalue weighted by Crippen LogP contribution is 2.37. The van der Waals surface area contributed by atoms with Crippen molar-refractivity contribution in [1.82, 2.24) is 14.5 Å². The van der Waals surface area contributed by atoms with E-state index in [1.165, 1.54) is 18.9 Å². The van der Waals surface area contributed by atoms with Crippen LogP contribution in [0.5, 0.6) is 0 Å². The standard InChI is InChI=1S/C18H27IN4O2Si/c1-26(2,3)7-6-24-12-22-16(19)8-15-17(22)20-11-21-18(15)23-13-4-5-14(23)10-25-9-13/h8,11,13-14H,4-7,9-10,12H2,1-3H3/t13-,14+. The zero-order valence-electron chi connectivity index (χ0n) is 15.7. The van der Waals surface area contributed by atoms with Crippen LogP contribution in [0, 0.1) is 3.70 Å². The van der Waals surface area contributed by atoms with Gasteiger partial charge in [-0.25, -0.2) is 9.97 Å². The smallest absolute Gasteiger partial charge is 0.148 e. The Balaban J connectivity index is 1.58. The molecule has 0 saturated carbocycles. The fraction of sp³-hybridized carbons (Fsp3) is 0.667. The molecule has 2 saturated heterocycles. The van der Waals surface area contributed by atoms with Crippen molar-refractivity contribution in [3.05, 3.63) is 16.1 Å². The third-order valence-corrected chi connectivity index (χ3v) is 7.92. The van der Waals surface area contributed by atoms with Gasteiger partial charge in [0.25, 0.3) is 0 Å². The number of aromatic nitrogens is 3. The van der Waals surface area contributed by atoms with E-state index in [0.29, 0.717) is 18.8 Å². The summed E-state index contributed by atoms with van der Waals surface area (Å²) >= 11 is 2.38. The first-order valence-electron chi connectivity index (χ1n) is 9.37. The summed E-state index contributed by atoms with van der Waals surface area (Å²) < 4.78 is 15.0. The maximum absolute atomic E-state index is 5.98. The summed E-state index contributed by atoms with van der Waals surface area (Å²) in [5.41, 5.74) is 0.971. The summed E-state index contributed by atoms with van der Waals surface area (Å²) in [7, 11) is -1.07. The Bertz CT molecular complexity index is 775. The predicted octanol–water partition coefficient (Wildman–Crippen LogP) is 3.72. The molecular weight excluding hydrogens is 459 g/mol. The van der Waals surface area contributed by atoms with Crippen LogP contribution in [0.3, 0.4) is 0 Å². The molecule has 2 aliphatic rings. The SMILES string of the molecule is C[Si](C)(C)CCOCn1c(I)cc2c(N3[C@@H]4CC[C@H]3COC4)ncnc21. The second kappa shape index (κ2) is 7.37. The number of morpholine rings is 1. The van der Waals surface area contributed by atoms with Crippen LogP contribution in [-0.2, 0) is 16.2 Å². The molecule has 0 aliphatic carbocycles. The van der Waals surface area contributed by atoms with E-state index in [2.05, 4.69) is 67.7 Å². The topological polar surface area (TPSA) is 52.4 Å². The van der Waals surface area contributed by atoms with Gasteiger partial charge in [-0.3, -0.25) is 4.57 Å². The second-order valence-corrected chi connectivity index (χ2v) is 15.2. The van der Waals surface area contributed by atoms with E-state index in [1.807, 2.05) is 0 Å². The van der Waals surface area contributed by atoms with Gasteiger partial charge in [0.15, 0.2) is 0 Å². The Morgan fingerprint density at radius 2 is 1.96 bits per heavy atom. The number of nitrogens with zero attached hydrogens (tertiary/aromatic N) is 4. The minimum absolute atomic E-state index is 0.445. The van der Waals surface area contributed by atoms with Gasteiger partial charge >= 0.3 is 0 Å². The first-order chi connectivity index (χ1) is 12.4. The van der Waals surface area contributed by atoms with Crippen molar-refractivity contribution in [2.24, 2.45) is 0 Å². The van der Waals surface area contributed by atoms with Crippen molar-refractivity contribution in [2.75, 3.05) is 24.7 Å². The molecule has 2 fully saturated rings. The summed E-state index contributed by atoms with van der Waals surface area (Å²) in [5, 5.41) is 1.13. The lowest BCUT2D eigenvalue weighted by atomic mass is 10.2. The number of hydrogen-bond donors (Lipinski definition) is 0. The van der Waals surface area contributed by atoms with Gasteiger partial charge in [-0.15, -0.1) is 0 Å². The Labute approximate surface area is 169 Å². The lowest BCUT2D eigenvalue weighted by Crippen LogP contribution is -2.46. The Hall–Kier alpha value is -0.713. The summed E-state index contributed by atoms with van der Waals surface area (Å²) in [5.74, 6) is 1.06. The molecule has 2 aromatic rings. The highest BCUT2D eigenvalue weighted by Gasteiger charge is 2.39. The van der Waals surface area contributed by atoms with E-state index >= 15 is 0 Å². The normalized spacial score (nSPS) is 23.2. The van der Waals surface area contributed by atoms with E-state index < -0.39 is 8.07 Å². The zero-order valence-corrected chi connectivity index (χ0v) is 18.9. The van der Waals surface area contributed by atoms with Gasteiger partial charge < -0.3 is 14.4 Å². The largest absolute Gasteiger partial charge is 0.377 e. The van der Waals surface area contributed by atoms with Gasteiger partial charge in [-0.05, 0) is 47.5 Å². The average Bonchev–Trinajstić information content (AvgIpc) is 3.03. The number of rotatable bonds is 6. The molecule has 0 N–H and O–H groups in total. The molecule has 0 radical (unpaired) electrons. The Morgan fingerprint density at radius 1 is 1.23 bits per heavy atom. The fourth-order valence-electron chi connectivity index (χ4n) is 3.86. The van der Waals surface area contributed by atoms with Gasteiger partial charge in [0, 0.05) is 14.7 Å². The molecule has 4 heterocycles. The van der Waals surface area contributed by atoms with E-state index in [-0.39, 0.29) is 0 Å². The van der Waals surface area contributed by atoms with Crippen LogP contribution < -0.4 is 4.90 Å². The lowest BCUT2D eigenvalue weighted by molar-refractivity contribution is 0.0882. The van der Waals surface area contributed by atoms with Crippen molar-refractivity contribution in [3.63, 3.8) is 0 Å². The molecule has 0 unspecified atom stereocenters. The minimum Gasteiger partial charge on any atom is -0.377 e. The highest BCUT2D eigenvalue weighted by atomic mass is 127. The predicted molar refractivity (Wildman–Crippen MR) is 114 cm³/mol. The monoisotopic (exact) mass is 486 g/mol. The molecule has 2 aromatic heterocycles. The maximum atomic E-state index is 5.98. The van der Waals surface area contributed by atoms with E-state index in [0.717, 1.165) is 40.4 Å². The van der Waals surface area contributed by atoms with E-state index in [4.69, 9.17) is 9.47 Å². The molecule has 26 heavy (non-hydrogen) atoms. The summed E-state index contributed by atoms with van der Waals surface area (Å²) in [6, 6.07) is 4.27. The van der Waals surface area contributed by atoms with Crippen LogP contribution in [0.2, 0.25) is 25.7 Å². The van der Waals surface area contributed by atoms with Crippen molar-refractivity contribution in [1.29, 1.82) is 0 Å². The molecule has 0 spiro atoms. The van der Waals surface area contributed by atoms with Crippen LogP contribution in [0.4, 0.5) is 5.82 Å². The van der Waals surface area contributed by atoms with Gasteiger partial charge in [0.2, 0.25) is 0 Å². The maximum Gasteiger partial charge on any atom is 0.148 e. The Kier molecular flexibility index (Phi) is 5.28. The molecular formula is C18H27IN4O2Si. The molecule has 2 bridgehead atoms. The zero-order chi connectivity index (χ0) is 18.3. The van der Waals surface area contributed by atoms with E-state index in [9.17, 15) is 0 Å². The number of hydrogen-bond acceptors (Lipinski definition) is 5. The molecule has 2 aliphatic heterocycles. The van der Waals surface area contributed by atoms with E-state index in [1.54, 1.807) is 6.33 Å². The van der Waals surface area contributed by atoms with Crippen molar-refractivity contribution >= 4 is 47.5 Å². The first kappa shape index (κ1) is 18.6. The third kappa shape index (κ3) is 3.65. The number of anilines is 1. The molecule has 2 atom stereocenters. The summed E-state index contributed by atoms with van der Waals surface area (Å²) in [6.07, 6.45) is 4.07. The lowest BCUT2D eigenvalue weighted by Gasteiger charge is -2.35. The summed E-state index contributed by atoms with van der Waals surface area (Å²) in [6.45, 7) is 10.1. The molecule has 6 nitrogen and oxygen atoms in total. The minimum atomic E-state index is -1.07. The van der Waals surface area contributed by atoms with Crippen LogP contribution in [-0.4, -0.2) is 54.5 Å². The summed E-state index contributed by atoms with van der Waals surface area (Å²) in [4.78, 5) is 11.7. The van der Waals surface area contributed by atoms with Gasteiger partial charge in [-0.2, -0.15) is 0 Å². The molecule has 0 amide bonds. The number of fused-ring (bicyclic) bond motifs is 3. The number of ether oxygens (including phenoxy) is 2. The number of halogens is 1. The first-order valence-corrected chi connectivity index (χ1v) is 14.2. The molecule has 4 rings (SSSR count). The van der Waals surface area contributed by atoms with Crippen LogP contribution >= 0.6 is 22.6 Å². The second-order valence-electron chi connectivity index (χ2n) is 8.51. The highest BCUT2D eigenvalue weighted by molar-refractivity contribution is 14.1. The fourth-order valence-corrected chi connectivity index (χ4v) is 5.29. The van der Waals surface area contributed by atoms with Crippen LogP contribution in [0.15, 0.2) is 12.4 Å². The molecule has 0 aromatic carbocycles. The van der Waals surface area contributed by atoms with Crippen LogP contribution in [0.1, 0.15) is 12.8 Å². The molecule has 8 heteroatoms. The van der Waals surface area contributed by atoms with Gasteiger partial charge in [0.05, 0.1) is 34.4 Å². The van der Waals surface area contributed by atoms with Crippen molar-refractivity contribution < 1.29 is 9.47 Å². The van der Waals surface area contributed by atoms with Gasteiger partial charge in [0.1, 0.15) is 24.5 Å². The van der Waals surface area contributed by atoms with Crippen molar-refractivity contribution in [3.8, 4) is 0 Å². The average molecular weight is 486 g/mol. The van der Waals surface area contributed by atoms with Crippen molar-refractivity contribution in [2.45, 2.75) is 57.3 Å². The molecule has 142 valence electrons. The third-order valence-electron chi connectivity index (χ3n) is 5.32. The van der Waals surface area contributed by atoms with Gasteiger partial charge in [-0.1, -0.05) is 19.6 Å². The van der Waals surface area contributed by atoms with Crippen LogP contribution in [0.25, 0.3) is 11.0 Å².